The van der Waals surface area contributed by atoms with E-state index in [2.05, 4.69) is 91.8 Å². The van der Waals surface area contributed by atoms with Crippen LogP contribution in [0.25, 0.3) is 6.08 Å². The summed E-state index contributed by atoms with van der Waals surface area (Å²) >= 11 is 0. The van der Waals surface area contributed by atoms with Gasteiger partial charge in [0.05, 0.1) is 0 Å². The lowest BCUT2D eigenvalue weighted by atomic mass is 9.77. The number of hydrogen-bond donors (Lipinski definition) is 0. The Morgan fingerprint density at radius 1 is 0.960 bits per heavy atom. The van der Waals surface area contributed by atoms with Crippen LogP contribution in [-0.2, 0) is 0 Å². The van der Waals surface area contributed by atoms with Gasteiger partial charge in [0.25, 0.3) is 0 Å². The molecule has 126 valence electrons. The summed E-state index contributed by atoms with van der Waals surface area (Å²) in [6.07, 6.45) is 9.21. The van der Waals surface area contributed by atoms with Crippen LogP contribution in [0.3, 0.4) is 0 Å². The maximum Gasteiger partial charge on any atom is 0.0230 e. The van der Waals surface area contributed by atoms with Crippen molar-refractivity contribution < 1.29 is 0 Å². The van der Waals surface area contributed by atoms with Crippen LogP contribution in [-0.4, -0.2) is 25.5 Å². The Bertz CT molecular complexity index is 853. The molecule has 2 aliphatic rings. The van der Waals surface area contributed by atoms with E-state index in [0.29, 0.717) is 5.92 Å². The highest BCUT2D eigenvalue weighted by Crippen LogP contribution is 2.42. The molecular formula is C24H25N. The van der Waals surface area contributed by atoms with Crippen molar-refractivity contribution in [2.75, 3.05) is 20.6 Å². The van der Waals surface area contributed by atoms with Crippen molar-refractivity contribution in [3.8, 4) is 0 Å². The van der Waals surface area contributed by atoms with Gasteiger partial charge < -0.3 is 4.90 Å². The second-order valence-corrected chi connectivity index (χ2v) is 7.31. The van der Waals surface area contributed by atoms with E-state index in [1.165, 1.54) is 33.4 Å². The number of allylic oxidation sites excluding steroid dienone is 3. The van der Waals surface area contributed by atoms with Crippen LogP contribution < -0.4 is 0 Å². The lowest BCUT2D eigenvalue weighted by molar-refractivity contribution is 0.448. The minimum atomic E-state index is 0.450. The fraction of sp³-hybridized carbons (Fsp3) is 0.250. The monoisotopic (exact) mass is 327 g/mol. The molecule has 2 aromatic rings. The van der Waals surface area contributed by atoms with Crippen LogP contribution in [0.2, 0.25) is 0 Å². The normalized spacial score (nSPS) is 19.3. The highest BCUT2D eigenvalue weighted by Gasteiger charge is 2.25. The van der Waals surface area contributed by atoms with E-state index >= 15 is 0 Å². The lowest BCUT2D eigenvalue weighted by Gasteiger charge is -2.28. The molecule has 0 aromatic heterocycles. The molecule has 0 radical (unpaired) electrons. The quantitative estimate of drug-likeness (QED) is 0.724. The largest absolute Gasteiger partial charge is 0.305 e. The van der Waals surface area contributed by atoms with Crippen molar-refractivity contribution in [1.29, 1.82) is 0 Å². The first-order chi connectivity index (χ1) is 12.2. The minimum Gasteiger partial charge on any atom is -0.305 e. The molecule has 0 fully saturated rings. The maximum absolute atomic E-state index is 2.42. The second kappa shape index (κ2) is 6.85. The topological polar surface area (TPSA) is 3.24 Å². The van der Waals surface area contributed by atoms with Gasteiger partial charge in [-0.2, -0.15) is 0 Å². The number of benzene rings is 2. The van der Waals surface area contributed by atoms with Crippen LogP contribution in [0.5, 0.6) is 0 Å². The Morgan fingerprint density at radius 3 is 2.52 bits per heavy atom. The third-order valence-corrected chi connectivity index (χ3v) is 5.23. The summed E-state index contributed by atoms with van der Waals surface area (Å²) in [6.45, 7) is 1.01. The molecule has 0 saturated carbocycles. The summed E-state index contributed by atoms with van der Waals surface area (Å²) in [7, 11) is 4.29. The smallest absolute Gasteiger partial charge is 0.0230 e. The van der Waals surface area contributed by atoms with E-state index in [9.17, 15) is 0 Å². The summed E-state index contributed by atoms with van der Waals surface area (Å²) in [5, 5.41) is 0. The zero-order chi connectivity index (χ0) is 17.2. The van der Waals surface area contributed by atoms with E-state index in [4.69, 9.17) is 0 Å². The van der Waals surface area contributed by atoms with Crippen molar-refractivity contribution in [1.82, 2.24) is 4.90 Å². The van der Waals surface area contributed by atoms with Crippen molar-refractivity contribution in [3.63, 3.8) is 0 Å². The molecule has 4 rings (SSSR count). The predicted octanol–water partition coefficient (Wildman–Crippen LogP) is 5.42. The van der Waals surface area contributed by atoms with Gasteiger partial charge in [-0.25, -0.2) is 0 Å². The molecule has 0 amide bonds. The Labute approximate surface area is 151 Å². The molecule has 1 unspecified atom stereocenters. The summed E-state index contributed by atoms with van der Waals surface area (Å²) in [5.41, 5.74) is 8.77. The van der Waals surface area contributed by atoms with E-state index in [1.807, 2.05) is 0 Å². The van der Waals surface area contributed by atoms with Gasteiger partial charge in [-0.15, -0.1) is 0 Å². The molecule has 0 aliphatic heterocycles. The van der Waals surface area contributed by atoms with Crippen molar-refractivity contribution in [3.05, 3.63) is 100 Å². The number of hydrogen-bond acceptors (Lipinski definition) is 1. The Morgan fingerprint density at radius 2 is 1.72 bits per heavy atom. The Hall–Kier alpha value is -2.38. The average molecular weight is 327 g/mol. The van der Waals surface area contributed by atoms with Gasteiger partial charge in [0.2, 0.25) is 0 Å². The molecule has 25 heavy (non-hydrogen) atoms. The molecule has 0 spiro atoms. The van der Waals surface area contributed by atoms with Gasteiger partial charge in [0.15, 0.2) is 0 Å². The van der Waals surface area contributed by atoms with Gasteiger partial charge in [0.1, 0.15) is 0 Å². The zero-order valence-electron chi connectivity index (χ0n) is 15.1. The molecule has 0 N–H and O–H groups in total. The Balaban J connectivity index is 1.77. The van der Waals surface area contributed by atoms with Crippen molar-refractivity contribution in [2.24, 2.45) is 0 Å². The number of nitrogens with zero attached hydrogens (tertiary/aromatic N) is 1. The summed E-state index contributed by atoms with van der Waals surface area (Å²) < 4.78 is 0. The molecule has 1 atom stereocenters. The van der Waals surface area contributed by atoms with Crippen molar-refractivity contribution >= 4 is 6.08 Å². The summed E-state index contributed by atoms with van der Waals surface area (Å²) in [4.78, 5) is 2.26. The SMILES string of the molecule is CN(C)CC1=C(C2=Cc3ccccc3C(c3ccccc3)C2)CC=C1. The van der Waals surface area contributed by atoms with Gasteiger partial charge in [-0.3, -0.25) is 0 Å². The minimum absolute atomic E-state index is 0.450. The van der Waals surface area contributed by atoms with Crippen LogP contribution in [0.15, 0.2) is 83.5 Å². The van der Waals surface area contributed by atoms with E-state index < -0.39 is 0 Å². The number of likely N-dealkylation sites (N-methyl/N-ethyl adjacent to an activating group) is 1. The second-order valence-electron chi connectivity index (χ2n) is 7.31. The maximum atomic E-state index is 2.42. The van der Waals surface area contributed by atoms with Gasteiger partial charge in [0, 0.05) is 12.5 Å². The fourth-order valence-corrected chi connectivity index (χ4v) is 4.11. The first-order valence-electron chi connectivity index (χ1n) is 9.10. The van der Waals surface area contributed by atoms with Crippen LogP contribution in [0.1, 0.15) is 35.4 Å². The molecular weight excluding hydrogens is 302 g/mol. The standard InChI is InChI=1S/C24H25N/c1-25(2)17-20-12-8-14-22(20)21-15-19-11-6-7-13-23(19)24(16-21)18-9-4-3-5-10-18/h3-13,15,24H,14,16-17H2,1-2H3. The van der Waals surface area contributed by atoms with Crippen molar-refractivity contribution in [2.45, 2.75) is 18.8 Å². The predicted molar refractivity (Wildman–Crippen MR) is 107 cm³/mol. The molecule has 2 aliphatic carbocycles. The number of rotatable bonds is 4. The van der Waals surface area contributed by atoms with Gasteiger partial charge >= 0.3 is 0 Å². The highest BCUT2D eigenvalue weighted by molar-refractivity contribution is 5.68. The molecule has 0 heterocycles. The average Bonchev–Trinajstić information content (AvgIpc) is 3.09. The number of fused-ring (bicyclic) bond motifs is 1. The van der Waals surface area contributed by atoms with Crippen LogP contribution >= 0.6 is 0 Å². The molecule has 0 bridgehead atoms. The summed E-state index contributed by atoms with van der Waals surface area (Å²) in [6, 6.07) is 19.8. The molecule has 0 saturated heterocycles. The third kappa shape index (κ3) is 3.25. The first kappa shape index (κ1) is 16.1. The molecule has 1 heteroatoms. The van der Waals surface area contributed by atoms with E-state index in [-0.39, 0.29) is 0 Å². The van der Waals surface area contributed by atoms with E-state index in [1.54, 1.807) is 0 Å². The zero-order valence-corrected chi connectivity index (χ0v) is 15.1. The lowest BCUT2D eigenvalue weighted by Crippen LogP contribution is -2.16. The first-order valence-corrected chi connectivity index (χ1v) is 9.10. The molecule has 1 nitrogen and oxygen atoms in total. The molecule has 2 aromatic carbocycles. The Kier molecular flexibility index (Phi) is 4.42. The van der Waals surface area contributed by atoms with Gasteiger partial charge in [-0.05, 0) is 60.3 Å². The van der Waals surface area contributed by atoms with Gasteiger partial charge in [-0.1, -0.05) is 72.8 Å². The van der Waals surface area contributed by atoms with Crippen LogP contribution in [0.4, 0.5) is 0 Å². The third-order valence-electron chi connectivity index (χ3n) is 5.23. The van der Waals surface area contributed by atoms with E-state index in [0.717, 1.165) is 19.4 Å². The van der Waals surface area contributed by atoms with Crippen LogP contribution in [0, 0.1) is 0 Å². The highest BCUT2D eigenvalue weighted by atomic mass is 15.0. The summed E-state index contributed by atoms with van der Waals surface area (Å²) in [5.74, 6) is 0.450. The fourth-order valence-electron chi connectivity index (χ4n) is 4.11.